The molecular weight excluding hydrogens is 413 g/mol. The maximum Gasteiger partial charge on any atom is 0.295 e. The Labute approximate surface area is 184 Å². The standard InChI is InChI=1S/C23H22FN5O3/c1-14-18(12-26-15(2)27-14)21(30)19-20(16-5-3-6-17(24)11-16)29(23(32)22(19)31)9-4-8-28-10-7-25-13-28/h3,5-7,10-13,20,30H,4,8-9H2,1-2H3/b21-19+. The fourth-order valence-electron chi connectivity index (χ4n) is 3.94. The maximum atomic E-state index is 14.0. The molecule has 1 atom stereocenters. The van der Waals surface area contributed by atoms with Crippen LogP contribution in [0.2, 0.25) is 0 Å². The van der Waals surface area contributed by atoms with Gasteiger partial charge >= 0.3 is 0 Å². The molecule has 3 heterocycles. The minimum absolute atomic E-state index is 0.0983. The van der Waals surface area contributed by atoms with E-state index in [1.807, 2.05) is 4.57 Å². The number of aryl methyl sites for hydroxylation is 3. The first-order valence-electron chi connectivity index (χ1n) is 10.2. The number of hydrogen-bond acceptors (Lipinski definition) is 6. The van der Waals surface area contributed by atoms with E-state index in [9.17, 15) is 19.1 Å². The van der Waals surface area contributed by atoms with E-state index < -0.39 is 23.5 Å². The summed E-state index contributed by atoms with van der Waals surface area (Å²) in [6.07, 6.45) is 7.09. The molecule has 1 aliphatic heterocycles. The van der Waals surface area contributed by atoms with Gasteiger partial charge in [0.1, 0.15) is 17.4 Å². The summed E-state index contributed by atoms with van der Waals surface area (Å²) in [4.78, 5) is 39.7. The molecule has 0 aliphatic carbocycles. The van der Waals surface area contributed by atoms with Crippen LogP contribution in [0.1, 0.15) is 35.1 Å². The fraction of sp³-hybridized carbons (Fsp3) is 0.261. The van der Waals surface area contributed by atoms with Crippen LogP contribution in [-0.4, -0.2) is 47.8 Å². The topological polar surface area (TPSA) is 101 Å². The second kappa shape index (κ2) is 8.70. The van der Waals surface area contributed by atoms with Crippen molar-refractivity contribution in [3.63, 3.8) is 0 Å². The van der Waals surface area contributed by atoms with Gasteiger partial charge in [-0.25, -0.2) is 19.3 Å². The van der Waals surface area contributed by atoms with Crippen LogP contribution in [0.4, 0.5) is 4.39 Å². The first kappa shape index (κ1) is 21.4. The molecule has 1 saturated heterocycles. The highest BCUT2D eigenvalue weighted by molar-refractivity contribution is 6.46. The van der Waals surface area contributed by atoms with Gasteiger partial charge in [-0.1, -0.05) is 12.1 Å². The number of hydrogen-bond donors (Lipinski definition) is 1. The molecule has 1 aliphatic rings. The number of amides is 1. The minimum Gasteiger partial charge on any atom is -0.507 e. The maximum absolute atomic E-state index is 14.0. The summed E-state index contributed by atoms with van der Waals surface area (Å²) < 4.78 is 15.9. The lowest BCUT2D eigenvalue weighted by molar-refractivity contribution is -0.139. The first-order valence-corrected chi connectivity index (χ1v) is 10.2. The smallest absolute Gasteiger partial charge is 0.295 e. The van der Waals surface area contributed by atoms with Crippen molar-refractivity contribution in [1.82, 2.24) is 24.4 Å². The van der Waals surface area contributed by atoms with Crippen molar-refractivity contribution in [2.24, 2.45) is 0 Å². The third-order valence-corrected chi connectivity index (χ3v) is 5.43. The lowest BCUT2D eigenvalue weighted by Crippen LogP contribution is -2.31. The summed E-state index contributed by atoms with van der Waals surface area (Å²) in [5.41, 5.74) is 1.03. The number of carbonyl (C=O) groups is 2. The van der Waals surface area contributed by atoms with Crippen LogP contribution in [0, 0.1) is 19.7 Å². The van der Waals surface area contributed by atoms with E-state index in [0.717, 1.165) is 0 Å². The van der Waals surface area contributed by atoms with Gasteiger partial charge in [-0.3, -0.25) is 9.59 Å². The van der Waals surface area contributed by atoms with Gasteiger partial charge < -0.3 is 14.6 Å². The SMILES string of the molecule is Cc1ncc(/C(O)=C2\C(=O)C(=O)N(CCCn3ccnc3)C2c2cccc(F)c2)c(C)n1. The first-order chi connectivity index (χ1) is 15.4. The van der Waals surface area contributed by atoms with Crippen molar-refractivity contribution in [3.05, 3.63) is 83.2 Å². The summed E-state index contributed by atoms with van der Waals surface area (Å²) >= 11 is 0. The van der Waals surface area contributed by atoms with E-state index >= 15 is 0 Å². The predicted molar refractivity (Wildman–Crippen MR) is 114 cm³/mol. The van der Waals surface area contributed by atoms with Gasteiger partial charge in [-0.2, -0.15) is 0 Å². The predicted octanol–water partition coefficient (Wildman–Crippen LogP) is 2.94. The summed E-state index contributed by atoms with van der Waals surface area (Å²) in [6, 6.07) is 4.78. The number of halogens is 1. The highest BCUT2D eigenvalue weighted by atomic mass is 19.1. The summed E-state index contributed by atoms with van der Waals surface area (Å²) in [5.74, 6) is -1.91. The zero-order valence-electron chi connectivity index (χ0n) is 17.7. The summed E-state index contributed by atoms with van der Waals surface area (Å²) in [7, 11) is 0. The average molecular weight is 435 g/mol. The van der Waals surface area contributed by atoms with Gasteiger partial charge in [0.25, 0.3) is 11.7 Å². The van der Waals surface area contributed by atoms with E-state index in [0.29, 0.717) is 30.0 Å². The van der Waals surface area contributed by atoms with Crippen molar-refractivity contribution < 1.29 is 19.1 Å². The number of benzene rings is 1. The van der Waals surface area contributed by atoms with E-state index in [1.165, 1.54) is 29.3 Å². The second-order valence-corrected chi connectivity index (χ2v) is 7.62. The number of aliphatic hydroxyl groups excluding tert-OH is 1. The number of likely N-dealkylation sites (tertiary alicyclic amines) is 1. The second-order valence-electron chi connectivity index (χ2n) is 7.62. The normalized spacial score (nSPS) is 17.8. The molecule has 9 heteroatoms. The van der Waals surface area contributed by atoms with Gasteiger partial charge in [0.2, 0.25) is 0 Å². The van der Waals surface area contributed by atoms with Crippen LogP contribution in [0.3, 0.4) is 0 Å². The van der Waals surface area contributed by atoms with Crippen molar-refractivity contribution >= 4 is 17.4 Å². The lowest BCUT2D eigenvalue weighted by Gasteiger charge is -2.25. The molecule has 1 amide bonds. The zero-order valence-corrected chi connectivity index (χ0v) is 17.7. The number of carbonyl (C=O) groups excluding carboxylic acids is 2. The molecule has 0 bridgehead atoms. The Morgan fingerprint density at radius 3 is 2.72 bits per heavy atom. The molecule has 4 rings (SSSR count). The molecule has 0 radical (unpaired) electrons. The van der Waals surface area contributed by atoms with Crippen LogP contribution in [-0.2, 0) is 16.1 Å². The van der Waals surface area contributed by atoms with Gasteiger partial charge in [-0.15, -0.1) is 0 Å². The largest absolute Gasteiger partial charge is 0.507 e. The Hall–Kier alpha value is -3.88. The van der Waals surface area contributed by atoms with Gasteiger partial charge in [-0.05, 0) is 38.0 Å². The van der Waals surface area contributed by atoms with Crippen molar-refractivity contribution in [2.75, 3.05) is 6.54 Å². The quantitative estimate of drug-likeness (QED) is 0.363. The van der Waals surface area contributed by atoms with Crippen LogP contribution in [0.5, 0.6) is 0 Å². The Bertz CT molecular complexity index is 1210. The van der Waals surface area contributed by atoms with E-state index in [4.69, 9.17) is 0 Å². The molecule has 0 spiro atoms. The number of nitrogens with zero attached hydrogens (tertiary/aromatic N) is 5. The number of Topliss-reactive ketones (excluding diaryl/α,β-unsaturated/α-hetero) is 1. The van der Waals surface area contributed by atoms with Gasteiger partial charge in [0.05, 0.1) is 29.2 Å². The number of rotatable bonds is 6. The number of ketones is 1. The number of aromatic nitrogens is 4. The fourth-order valence-corrected chi connectivity index (χ4v) is 3.94. The monoisotopic (exact) mass is 435 g/mol. The third kappa shape index (κ3) is 4.01. The van der Waals surface area contributed by atoms with Crippen molar-refractivity contribution in [3.8, 4) is 0 Å². The Morgan fingerprint density at radius 2 is 2.03 bits per heavy atom. The molecule has 1 unspecified atom stereocenters. The lowest BCUT2D eigenvalue weighted by atomic mass is 9.95. The molecular formula is C23H22FN5O3. The van der Waals surface area contributed by atoms with Crippen LogP contribution in [0.25, 0.3) is 5.76 Å². The van der Waals surface area contributed by atoms with Crippen LogP contribution < -0.4 is 0 Å². The van der Waals surface area contributed by atoms with Gasteiger partial charge in [0, 0.05) is 31.7 Å². The molecule has 1 fully saturated rings. The highest BCUT2D eigenvalue weighted by Crippen LogP contribution is 2.39. The van der Waals surface area contributed by atoms with Crippen molar-refractivity contribution in [2.45, 2.75) is 32.9 Å². The summed E-state index contributed by atoms with van der Waals surface area (Å²) in [5, 5.41) is 11.1. The molecule has 32 heavy (non-hydrogen) atoms. The molecule has 164 valence electrons. The molecule has 0 saturated carbocycles. The van der Waals surface area contributed by atoms with Gasteiger partial charge in [0.15, 0.2) is 0 Å². The zero-order chi connectivity index (χ0) is 22.8. The van der Waals surface area contributed by atoms with Crippen LogP contribution >= 0.6 is 0 Å². The Morgan fingerprint density at radius 1 is 1.22 bits per heavy atom. The molecule has 1 N–H and O–H groups in total. The molecule has 2 aromatic heterocycles. The number of imidazole rings is 1. The van der Waals surface area contributed by atoms with Crippen molar-refractivity contribution in [1.29, 1.82) is 0 Å². The molecule has 1 aromatic carbocycles. The average Bonchev–Trinajstić information content (AvgIpc) is 3.35. The van der Waals surface area contributed by atoms with E-state index in [2.05, 4.69) is 15.0 Å². The third-order valence-electron chi connectivity index (χ3n) is 5.43. The Balaban J connectivity index is 1.76. The Kier molecular flexibility index (Phi) is 5.81. The summed E-state index contributed by atoms with van der Waals surface area (Å²) in [6.45, 7) is 4.22. The molecule has 3 aromatic rings. The van der Waals surface area contributed by atoms with E-state index in [1.54, 1.807) is 38.6 Å². The minimum atomic E-state index is -0.922. The van der Waals surface area contributed by atoms with E-state index in [-0.39, 0.29) is 23.4 Å². The number of aliphatic hydroxyl groups is 1. The molecule has 8 nitrogen and oxygen atoms in total. The highest BCUT2D eigenvalue weighted by Gasteiger charge is 2.46. The van der Waals surface area contributed by atoms with Crippen LogP contribution in [0.15, 0.2) is 54.8 Å².